The Hall–Kier alpha value is -3.18. The second kappa shape index (κ2) is 14.1. The first-order valence-corrected chi connectivity index (χ1v) is 17.7. The van der Waals surface area contributed by atoms with Crippen molar-refractivity contribution in [2.45, 2.75) is 101 Å². The number of fused-ring (bicyclic) bond motifs is 1. The normalized spacial score (nSPS) is 24.2. The molecule has 242 valence electrons. The lowest BCUT2D eigenvalue weighted by Crippen LogP contribution is -2.51. The first-order valence-electron chi connectivity index (χ1n) is 16.5. The number of hydrogen-bond donors (Lipinski definition) is 1. The van der Waals surface area contributed by atoms with Gasteiger partial charge in [-0.05, 0) is 93.1 Å². The summed E-state index contributed by atoms with van der Waals surface area (Å²) >= 11 is 1.86. The van der Waals surface area contributed by atoms with E-state index in [0.29, 0.717) is 32.2 Å². The maximum atomic E-state index is 14.3. The molecule has 0 spiro atoms. The van der Waals surface area contributed by atoms with Gasteiger partial charge in [-0.3, -0.25) is 24.0 Å². The average Bonchev–Trinajstić information content (AvgIpc) is 3.57. The fourth-order valence-corrected chi connectivity index (χ4v) is 8.55. The summed E-state index contributed by atoms with van der Waals surface area (Å²) in [6, 6.07) is 8.81. The molecule has 0 unspecified atom stereocenters. The Bertz CT molecular complexity index is 1610. The molecule has 0 bridgehead atoms. The lowest BCUT2D eigenvalue weighted by atomic mass is 9.89. The molecule has 9 nitrogen and oxygen atoms in total. The number of thioether (sulfide) groups is 1. The molecular formula is C34H44FN5O4S. The number of rotatable bonds is 9. The SMILES string of the molecule is CCCCN(C(=O)[C@@H]1CC[C@H](c2ccc(OC)cc2)N1)C1CCC(n2c(=O)c3cc(F)cnc3n(C3CCSCC3)c2=O)CC1. The molecule has 1 aliphatic carbocycles. The molecule has 2 aliphatic heterocycles. The molecule has 3 fully saturated rings. The van der Waals surface area contributed by atoms with Gasteiger partial charge in [-0.25, -0.2) is 14.2 Å². The number of nitrogens with zero attached hydrogens (tertiary/aromatic N) is 4. The molecule has 1 aromatic carbocycles. The van der Waals surface area contributed by atoms with Crippen LogP contribution in [0.25, 0.3) is 11.0 Å². The number of carbonyl (C=O) groups excluding carboxylic acids is 1. The summed E-state index contributed by atoms with van der Waals surface area (Å²) < 4.78 is 22.6. The van der Waals surface area contributed by atoms with E-state index in [9.17, 15) is 18.8 Å². The van der Waals surface area contributed by atoms with E-state index in [1.165, 1.54) is 10.6 Å². The highest BCUT2D eigenvalue weighted by Crippen LogP contribution is 2.34. The third kappa shape index (κ3) is 6.56. The number of carbonyl (C=O) groups is 1. The smallest absolute Gasteiger partial charge is 0.333 e. The van der Waals surface area contributed by atoms with Crippen LogP contribution in [0.3, 0.4) is 0 Å². The van der Waals surface area contributed by atoms with Crippen LogP contribution in [0.1, 0.15) is 94.8 Å². The van der Waals surface area contributed by atoms with E-state index in [0.717, 1.165) is 67.5 Å². The number of ether oxygens (including phenoxy) is 1. The molecule has 1 N–H and O–H groups in total. The van der Waals surface area contributed by atoms with Crippen LogP contribution in [0, 0.1) is 5.82 Å². The van der Waals surface area contributed by atoms with Crippen LogP contribution in [-0.2, 0) is 4.79 Å². The predicted octanol–water partition coefficient (Wildman–Crippen LogP) is 5.38. The zero-order chi connectivity index (χ0) is 31.5. The van der Waals surface area contributed by atoms with Gasteiger partial charge in [0.05, 0.1) is 24.7 Å². The van der Waals surface area contributed by atoms with Crippen LogP contribution < -0.4 is 21.3 Å². The Morgan fingerprint density at radius 1 is 1.02 bits per heavy atom. The van der Waals surface area contributed by atoms with Gasteiger partial charge in [0.25, 0.3) is 5.56 Å². The molecule has 3 aliphatic rings. The maximum absolute atomic E-state index is 14.3. The molecule has 45 heavy (non-hydrogen) atoms. The highest BCUT2D eigenvalue weighted by molar-refractivity contribution is 7.99. The molecule has 6 rings (SSSR count). The van der Waals surface area contributed by atoms with Crippen molar-refractivity contribution in [3.63, 3.8) is 0 Å². The number of hydrogen-bond acceptors (Lipinski definition) is 7. The van der Waals surface area contributed by atoms with Gasteiger partial charge in [0, 0.05) is 30.7 Å². The van der Waals surface area contributed by atoms with Gasteiger partial charge in [0.15, 0.2) is 0 Å². The number of aromatic nitrogens is 3. The van der Waals surface area contributed by atoms with E-state index in [1.807, 2.05) is 23.9 Å². The summed E-state index contributed by atoms with van der Waals surface area (Å²) in [4.78, 5) is 48.0. The minimum absolute atomic E-state index is 0.0509. The summed E-state index contributed by atoms with van der Waals surface area (Å²) in [7, 11) is 1.65. The topological polar surface area (TPSA) is 98.5 Å². The molecule has 11 heteroatoms. The second-order valence-electron chi connectivity index (χ2n) is 12.7. The summed E-state index contributed by atoms with van der Waals surface area (Å²) in [5.41, 5.74) is 0.623. The molecular weight excluding hydrogens is 593 g/mol. The first-order chi connectivity index (χ1) is 21.9. The van der Waals surface area contributed by atoms with E-state index in [1.54, 1.807) is 11.7 Å². The van der Waals surface area contributed by atoms with Crippen molar-refractivity contribution in [1.29, 1.82) is 0 Å². The summed E-state index contributed by atoms with van der Waals surface area (Å²) in [5, 5.41) is 3.75. The lowest BCUT2D eigenvalue weighted by Gasteiger charge is -2.39. The van der Waals surface area contributed by atoms with Gasteiger partial charge >= 0.3 is 5.69 Å². The molecule has 0 radical (unpaired) electrons. The van der Waals surface area contributed by atoms with E-state index < -0.39 is 11.4 Å². The first kappa shape index (κ1) is 31.8. The van der Waals surface area contributed by atoms with Crippen molar-refractivity contribution in [1.82, 2.24) is 24.3 Å². The predicted molar refractivity (Wildman–Crippen MR) is 176 cm³/mol. The van der Waals surface area contributed by atoms with Gasteiger partial charge in [-0.15, -0.1) is 0 Å². The third-order valence-corrected chi connectivity index (χ3v) is 11.0. The number of benzene rings is 1. The maximum Gasteiger partial charge on any atom is 0.333 e. The van der Waals surface area contributed by atoms with E-state index in [2.05, 4.69) is 34.3 Å². The van der Waals surface area contributed by atoms with Crippen LogP contribution in [0.4, 0.5) is 4.39 Å². The highest BCUT2D eigenvalue weighted by Gasteiger charge is 2.37. The molecule has 2 atom stereocenters. The van der Waals surface area contributed by atoms with Crippen molar-refractivity contribution in [3.05, 3.63) is 68.7 Å². The number of halogens is 1. The Balaban J connectivity index is 1.20. The quantitative estimate of drug-likeness (QED) is 0.337. The van der Waals surface area contributed by atoms with E-state index in [-0.39, 0.29) is 52.8 Å². The number of unbranched alkanes of at least 4 members (excludes halogenated alkanes) is 1. The van der Waals surface area contributed by atoms with Crippen molar-refractivity contribution in [2.75, 3.05) is 25.2 Å². The zero-order valence-electron chi connectivity index (χ0n) is 26.3. The van der Waals surface area contributed by atoms with Crippen molar-refractivity contribution >= 4 is 28.7 Å². The number of pyridine rings is 1. The fourth-order valence-electron chi connectivity index (χ4n) is 7.47. The van der Waals surface area contributed by atoms with Gasteiger partial charge in [-0.1, -0.05) is 25.5 Å². The van der Waals surface area contributed by atoms with Crippen molar-refractivity contribution < 1.29 is 13.9 Å². The minimum atomic E-state index is -0.584. The molecule has 3 aromatic rings. The minimum Gasteiger partial charge on any atom is -0.497 e. The van der Waals surface area contributed by atoms with Gasteiger partial charge in [-0.2, -0.15) is 11.8 Å². The zero-order valence-corrected chi connectivity index (χ0v) is 27.1. The van der Waals surface area contributed by atoms with Gasteiger partial charge in [0.1, 0.15) is 17.2 Å². The summed E-state index contributed by atoms with van der Waals surface area (Å²) in [6.45, 7) is 2.83. The van der Waals surface area contributed by atoms with Crippen molar-refractivity contribution in [2.24, 2.45) is 0 Å². The molecule has 1 saturated carbocycles. The lowest BCUT2D eigenvalue weighted by molar-refractivity contribution is -0.136. The average molecular weight is 638 g/mol. The monoisotopic (exact) mass is 637 g/mol. The third-order valence-electron chi connectivity index (χ3n) is 9.95. The highest BCUT2D eigenvalue weighted by atomic mass is 32.2. The van der Waals surface area contributed by atoms with Crippen LogP contribution in [0.5, 0.6) is 5.75 Å². The Morgan fingerprint density at radius 2 is 1.73 bits per heavy atom. The molecule has 2 saturated heterocycles. The number of nitrogens with one attached hydrogen (secondary N) is 1. The Kier molecular flexibility index (Phi) is 9.94. The Labute approximate surface area is 267 Å². The molecule has 4 heterocycles. The summed E-state index contributed by atoms with van der Waals surface area (Å²) in [6.07, 6.45) is 8.93. The van der Waals surface area contributed by atoms with E-state index in [4.69, 9.17) is 4.74 Å². The van der Waals surface area contributed by atoms with Gasteiger partial charge < -0.3 is 9.64 Å². The Morgan fingerprint density at radius 3 is 2.42 bits per heavy atom. The second-order valence-corrected chi connectivity index (χ2v) is 13.9. The van der Waals surface area contributed by atoms with Crippen LogP contribution >= 0.6 is 11.8 Å². The van der Waals surface area contributed by atoms with Crippen molar-refractivity contribution in [3.8, 4) is 5.75 Å². The largest absolute Gasteiger partial charge is 0.497 e. The number of amides is 1. The number of methoxy groups -OCH3 is 1. The summed E-state index contributed by atoms with van der Waals surface area (Å²) in [5.74, 6) is 2.24. The molecule has 2 aromatic heterocycles. The van der Waals surface area contributed by atoms with Crippen LogP contribution in [-0.4, -0.2) is 62.2 Å². The van der Waals surface area contributed by atoms with Gasteiger partial charge in [0.2, 0.25) is 5.91 Å². The fraction of sp³-hybridized carbons (Fsp3) is 0.588. The standard InChI is InChI=1S/C34H44FN5O4S/c1-3-4-17-38(33(42)30-14-13-29(37-30)22-5-11-27(44-2)12-6-22)24-7-9-25(10-8-24)40-32(41)28-20-23(35)21-36-31(28)39(34(40)43)26-15-18-45-19-16-26/h5-6,11-12,20-21,24-26,29-30,37H,3-4,7-10,13-19H2,1-2H3/t24?,25?,29-,30+/m1/s1. The van der Waals surface area contributed by atoms with E-state index >= 15 is 0 Å². The molecule has 1 amide bonds. The van der Waals surface area contributed by atoms with Crippen LogP contribution in [0.15, 0.2) is 46.1 Å². The van der Waals surface area contributed by atoms with Crippen LogP contribution in [0.2, 0.25) is 0 Å².